The van der Waals surface area contributed by atoms with Gasteiger partial charge in [0.25, 0.3) is 0 Å². The van der Waals surface area contributed by atoms with Gasteiger partial charge in [-0.2, -0.15) is 0 Å². The molecule has 0 spiro atoms. The van der Waals surface area contributed by atoms with Gasteiger partial charge in [0, 0.05) is 32.8 Å². The average molecular weight is 641 g/mol. The van der Waals surface area contributed by atoms with Gasteiger partial charge in [0.05, 0.1) is 22.1 Å². The van der Waals surface area contributed by atoms with Gasteiger partial charge in [-0.3, -0.25) is 0 Å². The van der Waals surface area contributed by atoms with Gasteiger partial charge in [-0.05, 0) is 59.7 Å². The Bertz CT molecular complexity index is 2800. The SMILES string of the molecule is c1ccc(-c2ccc3oc4cccc(-n5c6ccccc6c6cc(-c7nc(-c8ccccc8)nc(-c8ccccc8)n7)ccc65)c4c3c2)cc1. The number of fused-ring (bicyclic) bond motifs is 6. The van der Waals surface area contributed by atoms with Crippen LogP contribution in [0.15, 0.2) is 174 Å². The first-order valence-corrected chi connectivity index (χ1v) is 16.7. The molecule has 0 aliphatic carbocycles. The lowest BCUT2D eigenvalue weighted by atomic mass is 10.0. The maximum atomic E-state index is 6.44. The Morgan fingerprint density at radius 2 is 0.920 bits per heavy atom. The molecule has 0 saturated carbocycles. The van der Waals surface area contributed by atoms with Crippen LogP contribution in [0, 0.1) is 0 Å². The molecule has 5 nitrogen and oxygen atoms in total. The van der Waals surface area contributed by atoms with Crippen LogP contribution in [-0.4, -0.2) is 19.5 Å². The molecule has 5 heteroatoms. The summed E-state index contributed by atoms with van der Waals surface area (Å²) < 4.78 is 8.80. The van der Waals surface area contributed by atoms with Gasteiger partial charge in [0.15, 0.2) is 17.5 Å². The van der Waals surface area contributed by atoms with Crippen molar-refractivity contribution in [3.63, 3.8) is 0 Å². The van der Waals surface area contributed by atoms with Gasteiger partial charge in [0.1, 0.15) is 11.2 Å². The summed E-state index contributed by atoms with van der Waals surface area (Å²) in [5, 5.41) is 4.45. The van der Waals surface area contributed by atoms with E-state index in [2.05, 4.69) is 108 Å². The molecule has 10 aromatic rings. The minimum Gasteiger partial charge on any atom is -0.456 e. The predicted molar refractivity (Wildman–Crippen MR) is 203 cm³/mol. The van der Waals surface area contributed by atoms with Crippen molar-refractivity contribution in [2.45, 2.75) is 0 Å². The molecule has 0 N–H and O–H groups in total. The first-order valence-electron chi connectivity index (χ1n) is 16.7. The van der Waals surface area contributed by atoms with Crippen molar-refractivity contribution in [1.29, 1.82) is 0 Å². The van der Waals surface area contributed by atoms with Gasteiger partial charge in [-0.1, -0.05) is 121 Å². The van der Waals surface area contributed by atoms with Crippen molar-refractivity contribution in [1.82, 2.24) is 19.5 Å². The van der Waals surface area contributed by atoms with Crippen LogP contribution >= 0.6 is 0 Å². The average Bonchev–Trinajstić information content (AvgIpc) is 3.74. The Kier molecular flexibility index (Phi) is 6.42. The van der Waals surface area contributed by atoms with Gasteiger partial charge in [-0.15, -0.1) is 0 Å². The van der Waals surface area contributed by atoms with Crippen molar-refractivity contribution in [2.75, 3.05) is 0 Å². The number of aromatic nitrogens is 4. The zero-order valence-corrected chi connectivity index (χ0v) is 26.9. The Balaban J connectivity index is 1.20. The number of benzene rings is 7. The lowest BCUT2D eigenvalue weighted by Crippen LogP contribution is -2.00. The van der Waals surface area contributed by atoms with E-state index in [1.807, 2.05) is 66.7 Å². The third kappa shape index (κ3) is 4.60. The van der Waals surface area contributed by atoms with Crippen molar-refractivity contribution >= 4 is 43.7 Å². The quantitative estimate of drug-likeness (QED) is 0.188. The zero-order chi connectivity index (χ0) is 33.0. The Morgan fingerprint density at radius 3 is 1.62 bits per heavy atom. The first kappa shape index (κ1) is 28.2. The van der Waals surface area contributed by atoms with E-state index < -0.39 is 0 Å². The third-order valence-electron chi connectivity index (χ3n) is 9.45. The standard InChI is InChI=1S/C45H28N4O/c1-4-13-29(14-5-1)32-24-26-40-36(27-32)42-39(21-12-22-41(42)50-40)49-37-20-11-10-19-34(37)35-28-33(23-25-38(35)49)45-47-43(30-15-6-2-7-16-30)46-44(48-45)31-17-8-3-9-18-31/h1-28H. The smallest absolute Gasteiger partial charge is 0.164 e. The summed E-state index contributed by atoms with van der Waals surface area (Å²) >= 11 is 0. The molecular weight excluding hydrogens is 613 g/mol. The van der Waals surface area contributed by atoms with Crippen molar-refractivity contribution in [2.24, 2.45) is 0 Å². The maximum absolute atomic E-state index is 6.44. The lowest BCUT2D eigenvalue weighted by molar-refractivity contribution is 0.669. The highest BCUT2D eigenvalue weighted by atomic mass is 16.3. The first-order chi connectivity index (χ1) is 24.8. The molecule has 0 amide bonds. The fraction of sp³-hybridized carbons (Fsp3) is 0. The number of rotatable bonds is 5. The van der Waals surface area contributed by atoms with E-state index in [4.69, 9.17) is 19.4 Å². The normalized spacial score (nSPS) is 11.6. The van der Waals surface area contributed by atoms with Crippen LogP contribution < -0.4 is 0 Å². The molecule has 3 heterocycles. The molecule has 3 aromatic heterocycles. The molecule has 10 rings (SSSR count). The summed E-state index contributed by atoms with van der Waals surface area (Å²) in [6.45, 7) is 0. The summed E-state index contributed by atoms with van der Waals surface area (Å²) in [5.74, 6) is 1.92. The Hall–Kier alpha value is -6.85. The number of hydrogen-bond acceptors (Lipinski definition) is 4. The van der Waals surface area contributed by atoms with Crippen LogP contribution in [0.1, 0.15) is 0 Å². The fourth-order valence-corrected chi connectivity index (χ4v) is 7.11. The van der Waals surface area contributed by atoms with E-state index in [9.17, 15) is 0 Å². The van der Waals surface area contributed by atoms with Gasteiger partial charge >= 0.3 is 0 Å². The molecule has 0 saturated heterocycles. The lowest BCUT2D eigenvalue weighted by Gasteiger charge is -2.11. The molecule has 0 aliphatic rings. The summed E-state index contributed by atoms with van der Waals surface area (Å²) in [6, 6.07) is 58.6. The molecular formula is C45H28N4O. The topological polar surface area (TPSA) is 56.7 Å². The number of hydrogen-bond donors (Lipinski definition) is 0. The second-order valence-electron chi connectivity index (χ2n) is 12.5. The van der Waals surface area contributed by atoms with E-state index in [1.54, 1.807) is 0 Å². The Morgan fingerprint density at radius 1 is 0.360 bits per heavy atom. The van der Waals surface area contributed by atoms with Crippen LogP contribution in [0.4, 0.5) is 0 Å². The van der Waals surface area contributed by atoms with E-state index in [0.717, 1.165) is 71.7 Å². The van der Waals surface area contributed by atoms with Crippen LogP contribution in [0.3, 0.4) is 0 Å². The highest BCUT2D eigenvalue weighted by molar-refractivity contribution is 6.15. The summed E-state index contributed by atoms with van der Waals surface area (Å²) in [6.07, 6.45) is 0. The minimum absolute atomic E-state index is 0.632. The third-order valence-corrected chi connectivity index (χ3v) is 9.45. The summed E-state index contributed by atoms with van der Waals surface area (Å²) in [4.78, 5) is 14.9. The second-order valence-corrected chi connectivity index (χ2v) is 12.5. The largest absolute Gasteiger partial charge is 0.456 e. The van der Waals surface area contributed by atoms with E-state index in [1.165, 1.54) is 5.56 Å². The van der Waals surface area contributed by atoms with Crippen molar-refractivity contribution < 1.29 is 4.42 Å². The van der Waals surface area contributed by atoms with Crippen LogP contribution in [0.5, 0.6) is 0 Å². The van der Waals surface area contributed by atoms with Crippen molar-refractivity contribution in [3.05, 3.63) is 170 Å². The fourth-order valence-electron chi connectivity index (χ4n) is 7.11. The maximum Gasteiger partial charge on any atom is 0.164 e. The van der Waals surface area contributed by atoms with Crippen LogP contribution in [0.2, 0.25) is 0 Å². The number of para-hydroxylation sites is 1. The summed E-state index contributed by atoms with van der Waals surface area (Å²) in [5.41, 5.74) is 10.2. The monoisotopic (exact) mass is 640 g/mol. The predicted octanol–water partition coefficient (Wildman–Crippen LogP) is 11.5. The molecule has 0 bridgehead atoms. The molecule has 0 atom stereocenters. The molecule has 234 valence electrons. The highest BCUT2D eigenvalue weighted by Crippen LogP contribution is 2.40. The Labute approximate surface area is 287 Å². The van der Waals surface area contributed by atoms with Gasteiger partial charge in [-0.25, -0.2) is 15.0 Å². The van der Waals surface area contributed by atoms with Crippen LogP contribution in [-0.2, 0) is 0 Å². The van der Waals surface area contributed by atoms with Crippen LogP contribution in [0.25, 0.3) is 94.7 Å². The van der Waals surface area contributed by atoms with Gasteiger partial charge < -0.3 is 8.98 Å². The molecule has 0 radical (unpaired) electrons. The van der Waals surface area contributed by atoms with E-state index >= 15 is 0 Å². The molecule has 0 aliphatic heterocycles. The van der Waals surface area contributed by atoms with E-state index in [0.29, 0.717) is 17.5 Å². The molecule has 50 heavy (non-hydrogen) atoms. The van der Waals surface area contributed by atoms with Crippen molar-refractivity contribution in [3.8, 4) is 51.0 Å². The molecule has 0 fully saturated rings. The number of furan rings is 1. The summed E-state index contributed by atoms with van der Waals surface area (Å²) in [7, 11) is 0. The van der Waals surface area contributed by atoms with E-state index in [-0.39, 0.29) is 0 Å². The van der Waals surface area contributed by atoms with Gasteiger partial charge in [0.2, 0.25) is 0 Å². The second kappa shape index (κ2) is 11.4. The highest BCUT2D eigenvalue weighted by Gasteiger charge is 2.20. The number of nitrogens with zero attached hydrogens (tertiary/aromatic N) is 4. The zero-order valence-electron chi connectivity index (χ0n) is 26.9. The minimum atomic E-state index is 0.632. The molecule has 7 aromatic carbocycles. The molecule has 0 unspecified atom stereocenters.